The lowest BCUT2D eigenvalue weighted by atomic mass is 9.85. The first-order chi connectivity index (χ1) is 10.5. The van der Waals surface area contributed by atoms with Crippen LogP contribution in [0.5, 0.6) is 23.0 Å². The van der Waals surface area contributed by atoms with Crippen LogP contribution < -0.4 is 9.47 Å². The fraction of sp³-hybridized carbons (Fsp3) is 0.235. The monoisotopic (exact) mass is 300 g/mol. The van der Waals surface area contributed by atoms with Crippen LogP contribution in [0.15, 0.2) is 30.3 Å². The summed E-state index contributed by atoms with van der Waals surface area (Å²) in [5, 5.41) is 20.0. The summed E-state index contributed by atoms with van der Waals surface area (Å²) in [6.45, 7) is 1.82. The smallest absolute Gasteiger partial charge is 0.312 e. The van der Waals surface area contributed by atoms with Crippen molar-refractivity contribution in [2.24, 2.45) is 0 Å². The molecule has 5 nitrogen and oxygen atoms in total. The molecule has 5 heteroatoms. The Bertz CT molecular complexity index is 751. The zero-order chi connectivity index (χ0) is 15.9. The summed E-state index contributed by atoms with van der Waals surface area (Å²) in [6, 6.07) is 8.27. The highest BCUT2D eigenvalue weighted by Crippen LogP contribution is 2.45. The lowest BCUT2D eigenvalue weighted by Crippen LogP contribution is -2.21. The van der Waals surface area contributed by atoms with Crippen LogP contribution in [0.3, 0.4) is 0 Å². The maximum Gasteiger partial charge on any atom is 0.312 e. The van der Waals surface area contributed by atoms with Gasteiger partial charge in [-0.1, -0.05) is 6.07 Å². The molecule has 0 saturated carbocycles. The SMILES string of the molecule is COc1cc(C2CC(=O)Oc3cc(C)cc(O)c32)ccc1O. The third kappa shape index (κ3) is 2.35. The maximum absolute atomic E-state index is 11.9. The second-order valence-electron chi connectivity index (χ2n) is 5.36. The van der Waals surface area contributed by atoms with Crippen molar-refractivity contribution >= 4 is 5.97 Å². The third-order valence-corrected chi connectivity index (χ3v) is 3.81. The molecular formula is C17H16O5. The van der Waals surface area contributed by atoms with E-state index in [-0.39, 0.29) is 29.8 Å². The molecule has 0 saturated heterocycles. The first-order valence-corrected chi connectivity index (χ1v) is 6.90. The van der Waals surface area contributed by atoms with Gasteiger partial charge in [0.2, 0.25) is 0 Å². The number of carbonyl (C=O) groups excluding carboxylic acids is 1. The highest BCUT2D eigenvalue weighted by Gasteiger charge is 2.31. The Morgan fingerprint density at radius 1 is 1.18 bits per heavy atom. The van der Waals surface area contributed by atoms with E-state index in [2.05, 4.69) is 0 Å². The highest BCUT2D eigenvalue weighted by atomic mass is 16.5. The number of carbonyl (C=O) groups is 1. The van der Waals surface area contributed by atoms with Crippen LogP contribution in [0, 0.1) is 6.92 Å². The van der Waals surface area contributed by atoms with Gasteiger partial charge in [-0.2, -0.15) is 0 Å². The van der Waals surface area contributed by atoms with E-state index in [1.165, 1.54) is 13.2 Å². The number of esters is 1. The highest BCUT2D eigenvalue weighted by molar-refractivity contribution is 5.79. The van der Waals surface area contributed by atoms with Gasteiger partial charge >= 0.3 is 5.97 Å². The van der Waals surface area contributed by atoms with Crippen molar-refractivity contribution in [2.75, 3.05) is 7.11 Å². The van der Waals surface area contributed by atoms with Crippen molar-refractivity contribution in [3.63, 3.8) is 0 Å². The lowest BCUT2D eigenvalue weighted by Gasteiger charge is -2.26. The number of hydrogen-bond acceptors (Lipinski definition) is 5. The molecular weight excluding hydrogens is 284 g/mol. The molecule has 2 N–H and O–H groups in total. The number of phenols is 2. The number of phenolic OH excluding ortho intramolecular Hbond substituents is 2. The van der Waals surface area contributed by atoms with Gasteiger partial charge in [0.25, 0.3) is 0 Å². The zero-order valence-electron chi connectivity index (χ0n) is 12.3. The number of fused-ring (bicyclic) bond motifs is 1. The normalized spacial score (nSPS) is 16.8. The van der Waals surface area contributed by atoms with Crippen LogP contribution in [-0.4, -0.2) is 23.3 Å². The standard InChI is InChI=1S/C17H16O5/c1-9-5-13(19)17-11(8-16(20)22-15(17)6-9)10-3-4-12(18)14(7-10)21-2/h3-7,11,18-19H,8H2,1-2H3. The van der Waals surface area contributed by atoms with Gasteiger partial charge in [0.1, 0.15) is 11.5 Å². The van der Waals surface area contributed by atoms with E-state index in [0.29, 0.717) is 17.1 Å². The molecule has 1 aliphatic heterocycles. The van der Waals surface area contributed by atoms with Gasteiger partial charge in [-0.05, 0) is 42.3 Å². The van der Waals surface area contributed by atoms with Gasteiger partial charge in [0.05, 0.1) is 13.5 Å². The second kappa shape index (κ2) is 5.26. The summed E-state index contributed by atoms with van der Waals surface area (Å²) >= 11 is 0. The largest absolute Gasteiger partial charge is 0.507 e. The van der Waals surface area contributed by atoms with Crippen LogP contribution >= 0.6 is 0 Å². The van der Waals surface area contributed by atoms with Crippen molar-refractivity contribution in [3.8, 4) is 23.0 Å². The van der Waals surface area contributed by atoms with E-state index in [9.17, 15) is 15.0 Å². The molecule has 0 aliphatic carbocycles. The molecule has 0 aromatic heterocycles. The van der Waals surface area contributed by atoms with E-state index < -0.39 is 0 Å². The fourth-order valence-corrected chi connectivity index (χ4v) is 2.81. The summed E-state index contributed by atoms with van der Waals surface area (Å²) in [5.74, 6) is 0.133. The molecule has 22 heavy (non-hydrogen) atoms. The summed E-state index contributed by atoms with van der Waals surface area (Å²) in [6.07, 6.45) is 0.123. The van der Waals surface area contributed by atoms with Crippen LogP contribution in [0.1, 0.15) is 29.0 Å². The molecule has 0 bridgehead atoms. The molecule has 0 spiro atoms. The minimum Gasteiger partial charge on any atom is -0.507 e. The summed E-state index contributed by atoms with van der Waals surface area (Å²) < 4.78 is 10.4. The van der Waals surface area contributed by atoms with Gasteiger partial charge in [-0.15, -0.1) is 0 Å². The van der Waals surface area contributed by atoms with Gasteiger partial charge in [0.15, 0.2) is 11.5 Å². The van der Waals surface area contributed by atoms with Crippen LogP contribution in [0.2, 0.25) is 0 Å². The first-order valence-electron chi connectivity index (χ1n) is 6.90. The number of ether oxygens (including phenoxy) is 2. The Balaban J connectivity index is 2.15. The number of benzene rings is 2. The van der Waals surface area contributed by atoms with E-state index >= 15 is 0 Å². The van der Waals surface area contributed by atoms with Crippen molar-refractivity contribution in [3.05, 3.63) is 47.0 Å². The van der Waals surface area contributed by atoms with E-state index in [1.807, 2.05) is 6.92 Å². The third-order valence-electron chi connectivity index (χ3n) is 3.81. The zero-order valence-corrected chi connectivity index (χ0v) is 12.3. The minimum atomic E-state index is -0.352. The summed E-state index contributed by atoms with van der Waals surface area (Å²) in [4.78, 5) is 11.9. The Morgan fingerprint density at radius 2 is 1.95 bits per heavy atom. The molecule has 1 heterocycles. The first kappa shape index (κ1) is 14.3. The average molecular weight is 300 g/mol. The second-order valence-corrected chi connectivity index (χ2v) is 5.36. The van der Waals surface area contributed by atoms with E-state index in [1.54, 1.807) is 24.3 Å². The van der Waals surface area contributed by atoms with Crippen molar-refractivity contribution in [1.29, 1.82) is 0 Å². The number of methoxy groups -OCH3 is 1. The fourth-order valence-electron chi connectivity index (χ4n) is 2.81. The molecule has 0 radical (unpaired) electrons. The van der Waals surface area contributed by atoms with Crippen molar-refractivity contribution < 1.29 is 24.5 Å². The molecule has 1 aliphatic rings. The number of aryl methyl sites for hydroxylation is 1. The summed E-state index contributed by atoms with van der Waals surface area (Å²) in [7, 11) is 1.46. The molecule has 2 aromatic rings. The topological polar surface area (TPSA) is 76.0 Å². The number of rotatable bonds is 2. The molecule has 1 unspecified atom stereocenters. The van der Waals surface area contributed by atoms with Crippen molar-refractivity contribution in [2.45, 2.75) is 19.3 Å². The molecule has 114 valence electrons. The van der Waals surface area contributed by atoms with Gasteiger partial charge < -0.3 is 19.7 Å². The average Bonchev–Trinajstić information content (AvgIpc) is 2.46. The molecule has 0 amide bonds. The van der Waals surface area contributed by atoms with Gasteiger partial charge in [0, 0.05) is 11.5 Å². The number of hydrogen-bond donors (Lipinski definition) is 2. The Hall–Kier alpha value is -2.69. The quantitative estimate of drug-likeness (QED) is 0.659. The Morgan fingerprint density at radius 3 is 2.68 bits per heavy atom. The van der Waals surface area contributed by atoms with Crippen LogP contribution in [0.25, 0.3) is 0 Å². The van der Waals surface area contributed by atoms with Crippen LogP contribution in [0.4, 0.5) is 0 Å². The molecule has 2 aromatic carbocycles. The number of aromatic hydroxyl groups is 2. The Labute approximate surface area is 127 Å². The van der Waals surface area contributed by atoms with E-state index in [0.717, 1.165) is 11.1 Å². The maximum atomic E-state index is 11.9. The Kier molecular flexibility index (Phi) is 3.41. The van der Waals surface area contributed by atoms with E-state index in [4.69, 9.17) is 9.47 Å². The van der Waals surface area contributed by atoms with Crippen molar-refractivity contribution in [1.82, 2.24) is 0 Å². The molecule has 3 rings (SSSR count). The van der Waals surface area contributed by atoms with Gasteiger partial charge in [-0.25, -0.2) is 0 Å². The summed E-state index contributed by atoms with van der Waals surface area (Å²) in [5.41, 5.74) is 2.16. The molecule has 0 fully saturated rings. The minimum absolute atomic E-state index is 0.0259. The van der Waals surface area contributed by atoms with Gasteiger partial charge in [-0.3, -0.25) is 4.79 Å². The van der Waals surface area contributed by atoms with Crippen LogP contribution in [-0.2, 0) is 4.79 Å². The molecule has 1 atom stereocenters. The predicted molar refractivity (Wildman–Crippen MR) is 79.6 cm³/mol. The lowest BCUT2D eigenvalue weighted by molar-refractivity contribution is -0.135. The predicted octanol–water partition coefficient (Wildman–Crippen LogP) is 2.86.